The van der Waals surface area contributed by atoms with Crippen LogP contribution < -0.4 is 0 Å². The first-order valence-corrected chi connectivity index (χ1v) is 8.38. The molecule has 0 heterocycles. The Hall–Kier alpha value is -1.06. The second-order valence-corrected chi connectivity index (χ2v) is 5.59. The van der Waals surface area contributed by atoms with Gasteiger partial charge in [0.2, 0.25) is 0 Å². The first kappa shape index (κ1) is 19.9. The van der Waals surface area contributed by atoms with Gasteiger partial charge >= 0.3 is 11.9 Å². The first-order valence-electron chi connectivity index (χ1n) is 8.38. The molecule has 0 aromatic heterocycles. The largest absolute Gasteiger partial charge is 0.468 e. The van der Waals surface area contributed by atoms with Gasteiger partial charge in [0.05, 0.1) is 13.7 Å². The van der Waals surface area contributed by atoms with Crippen LogP contribution in [-0.2, 0) is 19.1 Å². The van der Waals surface area contributed by atoms with Crippen LogP contribution in [0.4, 0.5) is 0 Å². The van der Waals surface area contributed by atoms with Crippen LogP contribution >= 0.6 is 0 Å². The fourth-order valence-electron chi connectivity index (χ4n) is 2.16. The Morgan fingerprint density at radius 3 is 1.76 bits per heavy atom. The zero-order valence-corrected chi connectivity index (χ0v) is 14.0. The standard InChI is InChI=1S/C17H32O4/c1-4-5-6-7-8-9-10-11-12-13-14-21-17(19)15(2)16(18)20-3/h15H,4-14H2,1-3H3/t15-/m1/s1. The summed E-state index contributed by atoms with van der Waals surface area (Å²) in [6.45, 7) is 4.14. The molecule has 124 valence electrons. The number of carbonyl (C=O) groups is 2. The highest BCUT2D eigenvalue weighted by Crippen LogP contribution is 2.10. The highest BCUT2D eigenvalue weighted by Gasteiger charge is 2.23. The number of esters is 2. The summed E-state index contributed by atoms with van der Waals surface area (Å²) in [5.74, 6) is -1.85. The summed E-state index contributed by atoms with van der Waals surface area (Å²) in [7, 11) is 1.27. The van der Waals surface area contributed by atoms with Crippen molar-refractivity contribution in [2.45, 2.75) is 78.1 Å². The fourth-order valence-corrected chi connectivity index (χ4v) is 2.16. The van der Waals surface area contributed by atoms with E-state index in [1.54, 1.807) is 0 Å². The van der Waals surface area contributed by atoms with Gasteiger partial charge in [-0.05, 0) is 13.3 Å². The number of methoxy groups -OCH3 is 1. The summed E-state index contributed by atoms with van der Waals surface area (Å²) in [5, 5.41) is 0. The molecule has 21 heavy (non-hydrogen) atoms. The fraction of sp³-hybridized carbons (Fsp3) is 0.882. The van der Waals surface area contributed by atoms with E-state index in [2.05, 4.69) is 11.7 Å². The molecule has 0 amide bonds. The smallest absolute Gasteiger partial charge is 0.320 e. The van der Waals surface area contributed by atoms with E-state index in [1.165, 1.54) is 65.4 Å². The quantitative estimate of drug-likeness (QED) is 0.290. The van der Waals surface area contributed by atoms with E-state index < -0.39 is 17.9 Å². The first-order chi connectivity index (χ1) is 10.1. The Bertz CT molecular complexity index is 276. The molecule has 0 N–H and O–H groups in total. The van der Waals surface area contributed by atoms with Gasteiger partial charge in [-0.15, -0.1) is 0 Å². The summed E-state index contributed by atoms with van der Waals surface area (Å²) in [6, 6.07) is 0. The van der Waals surface area contributed by atoms with Crippen LogP contribution in [0, 0.1) is 5.92 Å². The topological polar surface area (TPSA) is 52.6 Å². The van der Waals surface area contributed by atoms with Crippen molar-refractivity contribution >= 4 is 11.9 Å². The van der Waals surface area contributed by atoms with Gasteiger partial charge in [-0.2, -0.15) is 0 Å². The molecule has 0 fully saturated rings. The molecule has 4 nitrogen and oxygen atoms in total. The Kier molecular flexibility index (Phi) is 13.2. The van der Waals surface area contributed by atoms with Crippen LogP contribution in [0.15, 0.2) is 0 Å². The lowest BCUT2D eigenvalue weighted by Gasteiger charge is -2.09. The van der Waals surface area contributed by atoms with E-state index in [9.17, 15) is 9.59 Å². The molecule has 0 unspecified atom stereocenters. The van der Waals surface area contributed by atoms with E-state index in [4.69, 9.17) is 4.74 Å². The number of hydrogen-bond donors (Lipinski definition) is 0. The summed E-state index contributed by atoms with van der Waals surface area (Å²) >= 11 is 0. The monoisotopic (exact) mass is 300 g/mol. The van der Waals surface area contributed by atoms with Crippen LogP contribution in [0.3, 0.4) is 0 Å². The molecule has 4 heteroatoms. The molecule has 0 aromatic carbocycles. The maximum atomic E-state index is 11.5. The van der Waals surface area contributed by atoms with Crippen molar-refractivity contribution in [1.29, 1.82) is 0 Å². The predicted octanol–water partition coefficient (Wildman–Crippen LogP) is 4.26. The van der Waals surface area contributed by atoms with Crippen molar-refractivity contribution in [3.8, 4) is 0 Å². The Balaban J connectivity index is 3.32. The summed E-state index contributed by atoms with van der Waals surface area (Å²) in [4.78, 5) is 22.6. The van der Waals surface area contributed by atoms with Crippen LogP contribution in [0.5, 0.6) is 0 Å². The maximum Gasteiger partial charge on any atom is 0.320 e. The predicted molar refractivity (Wildman–Crippen MR) is 84.0 cm³/mol. The minimum atomic E-state index is -0.821. The number of ether oxygens (including phenoxy) is 2. The SMILES string of the molecule is CCCCCCCCCCCCOC(=O)[C@H](C)C(=O)OC. The number of unbranched alkanes of at least 4 members (excludes halogenated alkanes) is 9. The van der Waals surface area contributed by atoms with Gasteiger partial charge in [-0.25, -0.2) is 0 Å². The second-order valence-electron chi connectivity index (χ2n) is 5.59. The number of carbonyl (C=O) groups excluding carboxylic acids is 2. The summed E-state index contributed by atoms with van der Waals surface area (Å²) < 4.78 is 9.56. The van der Waals surface area contributed by atoms with Gasteiger partial charge in [0.1, 0.15) is 0 Å². The Morgan fingerprint density at radius 2 is 1.29 bits per heavy atom. The maximum absolute atomic E-state index is 11.5. The third-order valence-corrected chi connectivity index (χ3v) is 3.65. The molecule has 0 rings (SSSR count). The van der Waals surface area contributed by atoms with Gasteiger partial charge in [0, 0.05) is 0 Å². The molecular formula is C17H32O4. The van der Waals surface area contributed by atoms with Gasteiger partial charge in [-0.1, -0.05) is 64.7 Å². The zero-order valence-electron chi connectivity index (χ0n) is 14.0. The normalized spacial score (nSPS) is 12.0. The molecule has 0 radical (unpaired) electrons. The summed E-state index contributed by atoms with van der Waals surface area (Å²) in [5.41, 5.74) is 0. The van der Waals surface area contributed by atoms with Crippen molar-refractivity contribution in [2.24, 2.45) is 5.92 Å². The molecule has 1 atom stereocenters. The van der Waals surface area contributed by atoms with Gasteiger partial charge < -0.3 is 9.47 Å². The van der Waals surface area contributed by atoms with Crippen molar-refractivity contribution in [2.75, 3.05) is 13.7 Å². The minimum Gasteiger partial charge on any atom is -0.468 e. The van der Waals surface area contributed by atoms with Gasteiger partial charge in [-0.3, -0.25) is 9.59 Å². The minimum absolute atomic E-state index is 0.399. The highest BCUT2D eigenvalue weighted by atomic mass is 16.5. The van der Waals surface area contributed by atoms with Crippen LogP contribution in [0.1, 0.15) is 78.1 Å². The molecule has 0 saturated carbocycles. The van der Waals surface area contributed by atoms with E-state index in [0.717, 1.165) is 12.8 Å². The lowest BCUT2D eigenvalue weighted by atomic mass is 10.1. The van der Waals surface area contributed by atoms with Gasteiger partial charge in [0.25, 0.3) is 0 Å². The lowest BCUT2D eigenvalue weighted by molar-refractivity contribution is -0.159. The summed E-state index contributed by atoms with van der Waals surface area (Å²) in [6.07, 6.45) is 12.4. The van der Waals surface area contributed by atoms with E-state index in [1.807, 2.05) is 0 Å². The van der Waals surface area contributed by atoms with Crippen LogP contribution in [0.2, 0.25) is 0 Å². The molecule has 0 aliphatic carbocycles. The van der Waals surface area contributed by atoms with Crippen LogP contribution in [-0.4, -0.2) is 25.7 Å². The third-order valence-electron chi connectivity index (χ3n) is 3.65. The third kappa shape index (κ3) is 11.3. The average Bonchev–Trinajstić information content (AvgIpc) is 2.50. The van der Waals surface area contributed by atoms with E-state index in [-0.39, 0.29) is 0 Å². The molecular weight excluding hydrogens is 268 g/mol. The second kappa shape index (κ2) is 13.9. The lowest BCUT2D eigenvalue weighted by Crippen LogP contribution is -2.24. The molecule has 0 saturated heterocycles. The number of hydrogen-bond acceptors (Lipinski definition) is 4. The molecule has 0 aromatic rings. The Labute approximate surface area is 129 Å². The average molecular weight is 300 g/mol. The van der Waals surface area contributed by atoms with E-state index in [0.29, 0.717) is 6.61 Å². The van der Waals surface area contributed by atoms with Crippen molar-refractivity contribution in [3.05, 3.63) is 0 Å². The van der Waals surface area contributed by atoms with Crippen molar-refractivity contribution < 1.29 is 19.1 Å². The van der Waals surface area contributed by atoms with Crippen LogP contribution in [0.25, 0.3) is 0 Å². The molecule has 0 spiro atoms. The van der Waals surface area contributed by atoms with Crippen molar-refractivity contribution in [3.63, 3.8) is 0 Å². The zero-order chi connectivity index (χ0) is 15.9. The van der Waals surface area contributed by atoms with E-state index >= 15 is 0 Å². The molecule has 0 bridgehead atoms. The number of rotatable bonds is 13. The molecule has 0 aliphatic heterocycles. The Morgan fingerprint density at radius 1 is 0.810 bits per heavy atom. The van der Waals surface area contributed by atoms with Gasteiger partial charge in [0.15, 0.2) is 5.92 Å². The molecule has 0 aliphatic rings. The highest BCUT2D eigenvalue weighted by molar-refractivity contribution is 5.94. The van der Waals surface area contributed by atoms with Crippen molar-refractivity contribution in [1.82, 2.24) is 0 Å².